The number of amides is 1. The first-order chi connectivity index (χ1) is 10.1. The third kappa shape index (κ3) is 1.56. The zero-order valence-electron chi connectivity index (χ0n) is 11.0. The van der Waals surface area contributed by atoms with Crippen LogP contribution >= 0.6 is 11.8 Å². The third-order valence-corrected chi connectivity index (χ3v) is 5.04. The van der Waals surface area contributed by atoms with Gasteiger partial charge in [-0.05, 0) is 13.0 Å². The Morgan fingerprint density at radius 2 is 2.14 bits per heavy atom. The highest BCUT2D eigenvalue weighted by Crippen LogP contribution is 2.48. The van der Waals surface area contributed by atoms with Crippen molar-refractivity contribution in [3.8, 4) is 0 Å². The Morgan fingerprint density at radius 1 is 1.33 bits per heavy atom. The molecule has 4 rings (SSSR count). The molecule has 3 heterocycles. The van der Waals surface area contributed by atoms with E-state index in [2.05, 4.69) is 20.7 Å². The Hall–Kier alpha value is -2.35. The number of aromatic nitrogens is 3. The molecule has 1 aromatic heterocycles. The SMILES string of the molecule is C[C@@H]1S[C@]2(Nc3ncnn3C1=O)C(=O)Nc1ccccc12. The minimum atomic E-state index is -1.06. The fourth-order valence-electron chi connectivity index (χ4n) is 2.64. The van der Waals surface area contributed by atoms with Gasteiger partial charge in [-0.1, -0.05) is 18.2 Å². The van der Waals surface area contributed by atoms with E-state index in [-0.39, 0.29) is 17.8 Å². The molecule has 2 aliphatic heterocycles. The van der Waals surface area contributed by atoms with Gasteiger partial charge in [-0.25, -0.2) is 0 Å². The normalized spacial score (nSPS) is 26.8. The average Bonchev–Trinajstić information content (AvgIpc) is 3.00. The van der Waals surface area contributed by atoms with E-state index in [1.807, 2.05) is 24.3 Å². The fraction of sp³-hybridized carbons (Fsp3) is 0.231. The Labute approximate surface area is 124 Å². The first-order valence-corrected chi connectivity index (χ1v) is 7.31. The van der Waals surface area contributed by atoms with Gasteiger partial charge in [0.25, 0.3) is 11.8 Å². The van der Waals surface area contributed by atoms with Crippen LogP contribution in [0.5, 0.6) is 0 Å². The third-order valence-electron chi connectivity index (χ3n) is 3.62. The summed E-state index contributed by atoms with van der Waals surface area (Å²) in [5.41, 5.74) is 1.55. The first kappa shape index (κ1) is 12.4. The number of hydrogen-bond donors (Lipinski definition) is 2. The Balaban J connectivity index is 1.93. The molecule has 0 radical (unpaired) electrons. The molecule has 2 N–H and O–H groups in total. The van der Waals surface area contributed by atoms with Crippen molar-refractivity contribution in [2.45, 2.75) is 17.0 Å². The summed E-state index contributed by atoms with van der Waals surface area (Å²) < 4.78 is 1.21. The van der Waals surface area contributed by atoms with Gasteiger partial charge in [0.1, 0.15) is 6.33 Å². The van der Waals surface area contributed by atoms with Crippen molar-refractivity contribution >= 4 is 35.2 Å². The molecule has 8 heteroatoms. The Bertz CT molecular complexity index is 773. The van der Waals surface area contributed by atoms with E-state index in [1.165, 1.54) is 22.8 Å². The molecular weight excluding hydrogens is 290 g/mol. The molecule has 0 fully saturated rings. The summed E-state index contributed by atoms with van der Waals surface area (Å²) in [6.45, 7) is 1.77. The van der Waals surface area contributed by atoms with Gasteiger partial charge < -0.3 is 10.6 Å². The van der Waals surface area contributed by atoms with Crippen LogP contribution in [-0.2, 0) is 9.67 Å². The van der Waals surface area contributed by atoms with Crippen molar-refractivity contribution in [2.24, 2.45) is 0 Å². The monoisotopic (exact) mass is 301 g/mol. The molecule has 1 aromatic carbocycles. The molecule has 0 unspecified atom stereocenters. The smallest absolute Gasteiger partial charge is 0.265 e. The van der Waals surface area contributed by atoms with E-state index in [0.29, 0.717) is 0 Å². The number of benzene rings is 1. The Kier molecular flexibility index (Phi) is 2.41. The maximum absolute atomic E-state index is 12.6. The number of anilines is 2. The zero-order chi connectivity index (χ0) is 14.6. The maximum Gasteiger partial charge on any atom is 0.265 e. The van der Waals surface area contributed by atoms with Gasteiger partial charge in [0.05, 0.1) is 5.25 Å². The van der Waals surface area contributed by atoms with Gasteiger partial charge in [-0.3, -0.25) is 9.59 Å². The highest BCUT2D eigenvalue weighted by Gasteiger charge is 2.52. The average molecular weight is 301 g/mol. The van der Waals surface area contributed by atoms with Crippen LogP contribution in [0.1, 0.15) is 17.3 Å². The minimum absolute atomic E-state index is 0.200. The molecule has 0 saturated heterocycles. The highest BCUT2D eigenvalue weighted by molar-refractivity contribution is 8.02. The number of carbonyl (C=O) groups is 2. The van der Waals surface area contributed by atoms with Crippen LogP contribution < -0.4 is 10.6 Å². The van der Waals surface area contributed by atoms with Crippen molar-refractivity contribution in [3.63, 3.8) is 0 Å². The predicted molar refractivity (Wildman–Crippen MR) is 78.1 cm³/mol. The van der Waals surface area contributed by atoms with Crippen molar-refractivity contribution in [1.29, 1.82) is 0 Å². The molecule has 0 saturated carbocycles. The van der Waals surface area contributed by atoms with Gasteiger partial charge in [-0.2, -0.15) is 14.8 Å². The molecular formula is C13H11N5O2S. The molecule has 2 aromatic rings. The number of fused-ring (bicyclic) bond motifs is 3. The molecule has 21 heavy (non-hydrogen) atoms. The van der Waals surface area contributed by atoms with Crippen LogP contribution in [0, 0.1) is 0 Å². The van der Waals surface area contributed by atoms with Gasteiger partial charge >= 0.3 is 0 Å². The summed E-state index contributed by atoms with van der Waals surface area (Å²) in [6, 6.07) is 7.44. The van der Waals surface area contributed by atoms with Crippen LogP contribution in [0.4, 0.5) is 11.6 Å². The first-order valence-electron chi connectivity index (χ1n) is 6.43. The number of carbonyl (C=O) groups excluding carboxylic acids is 2. The maximum atomic E-state index is 12.6. The molecule has 106 valence electrons. The molecule has 2 atom stereocenters. The molecule has 0 aliphatic carbocycles. The fourth-order valence-corrected chi connectivity index (χ4v) is 3.98. The lowest BCUT2D eigenvalue weighted by Gasteiger charge is -2.27. The van der Waals surface area contributed by atoms with E-state index >= 15 is 0 Å². The van der Waals surface area contributed by atoms with E-state index in [9.17, 15) is 9.59 Å². The lowest BCUT2D eigenvalue weighted by Crippen LogP contribution is -2.40. The van der Waals surface area contributed by atoms with Gasteiger partial charge in [0.15, 0.2) is 4.87 Å². The summed E-state index contributed by atoms with van der Waals surface area (Å²) in [4.78, 5) is 27.9. The number of nitrogens with zero attached hydrogens (tertiary/aromatic N) is 3. The van der Waals surface area contributed by atoms with E-state index in [1.54, 1.807) is 6.92 Å². The summed E-state index contributed by atoms with van der Waals surface area (Å²) >= 11 is 1.26. The molecule has 2 aliphatic rings. The van der Waals surface area contributed by atoms with E-state index in [4.69, 9.17) is 0 Å². The van der Waals surface area contributed by atoms with Gasteiger partial charge in [0, 0.05) is 11.3 Å². The molecule has 1 spiro atoms. The lowest BCUT2D eigenvalue weighted by molar-refractivity contribution is -0.117. The Morgan fingerprint density at radius 3 is 3.00 bits per heavy atom. The summed E-state index contributed by atoms with van der Waals surface area (Å²) in [5, 5.41) is 9.45. The number of nitrogens with one attached hydrogen (secondary N) is 2. The quantitative estimate of drug-likeness (QED) is 0.762. The van der Waals surface area contributed by atoms with Crippen LogP contribution in [-0.4, -0.2) is 31.8 Å². The lowest BCUT2D eigenvalue weighted by atomic mass is 10.1. The standard InChI is InChI=1S/C13H11N5O2S/c1-7-10(19)18-12(14-6-15-18)17-13(21-7)8-4-2-3-5-9(8)16-11(13)20/h2-7H,1H3,(H,16,20)(H,14,15,17)/t7-,13-/m0/s1. The summed E-state index contributed by atoms with van der Waals surface area (Å²) in [6.07, 6.45) is 1.30. The number of hydrogen-bond acceptors (Lipinski definition) is 6. The highest BCUT2D eigenvalue weighted by atomic mass is 32.2. The van der Waals surface area contributed by atoms with Crippen LogP contribution in [0.3, 0.4) is 0 Å². The van der Waals surface area contributed by atoms with Crippen molar-refractivity contribution in [3.05, 3.63) is 36.2 Å². The number of para-hydroxylation sites is 1. The van der Waals surface area contributed by atoms with E-state index in [0.717, 1.165) is 11.3 Å². The minimum Gasteiger partial charge on any atom is -0.328 e. The molecule has 0 bridgehead atoms. The van der Waals surface area contributed by atoms with Gasteiger partial charge in [0.2, 0.25) is 5.95 Å². The van der Waals surface area contributed by atoms with E-state index < -0.39 is 10.1 Å². The van der Waals surface area contributed by atoms with Crippen molar-refractivity contribution < 1.29 is 9.59 Å². The summed E-state index contributed by atoms with van der Waals surface area (Å²) in [7, 11) is 0. The van der Waals surface area contributed by atoms with Crippen LogP contribution in [0.2, 0.25) is 0 Å². The molecule has 7 nitrogen and oxygen atoms in total. The van der Waals surface area contributed by atoms with Crippen molar-refractivity contribution in [1.82, 2.24) is 14.8 Å². The topological polar surface area (TPSA) is 88.9 Å². The van der Waals surface area contributed by atoms with Gasteiger partial charge in [-0.15, -0.1) is 11.8 Å². The second kappa shape index (κ2) is 4.08. The number of rotatable bonds is 0. The molecule has 1 amide bonds. The predicted octanol–water partition coefficient (Wildman–Crippen LogP) is 1.27. The second-order valence-electron chi connectivity index (χ2n) is 4.90. The summed E-state index contributed by atoms with van der Waals surface area (Å²) in [5.74, 6) is -0.123. The van der Waals surface area contributed by atoms with Crippen LogP contribution in [0.15, 0.2) is 30.6 Å². The zero-order valence-corrected chi connectivity index (χ0v) is 11.8. The van der Waals surface area contributed by atoms with Crippen LogP contribution in [0.25, 0.3) is 0 Å². The second-order valence-corrected chi connectivity index (χ2v) is 6.45. The number of thioether (sulfide) groups is 1. The van der Waals surface area contributed by atoms with Crippen molar-refractivity contribution in [2.75, 3.05) is 10.6 Å². The largest absolute Gasteiger partial charge is 0.328 e.